The lowest BCUT2D eigenvalue weighted by atomic mass is 10.1. The summed E-state index contributed by atoms with van der Waals surface area (Å²) in [5, 5.41) is 12.7. The number of hydrogen-bond donors (Lipinski definition) is 2. The Kier molecular flexibility index (Phi) is 7.04. The number of nitrogens with one attached hydrogen (secondary N) is 1. The van der Waals surface area contributed by atoms with Crippen LogP contribution in [0.15, 0.2) is 53.5 Å². The predicted molar refractivity (Wildman–Crippen MR) is 153 cm³/mol. The van der Waals surface area contributed by atoms with Crippen molar-refractivity contribution in [3.8, 4) is 5.69 Å². The second-order valence-electron chi connectivity index (χ2n) is 11.1. The highest BCUT2D eigenvalue weighted by Gasteiger charge is 2.31. The molecule has 0 spiro atoms. The molecule has 6 rings (SSSR count). The minimum Gasteiger partial charge on any atom is -0.367 e. The molecular weight excluding hydrogens is 530 g/mol. The molecule has 0 saturated carbocycles. The lowest BCUT2D eigenvalue weighted by molar-refractivity contribution is 0.102. The van der Waals surface area contributed by atoms with E-state index in [2.05, 4.69) is 34.2 Å². The molecule has 2 fully saturated rings. The number of likely N-dealkylation sites (tertiary alicyclic amines) is 1. The third-order valence-electron chi connectivity index (χ3n) is 8.16. The molecule has 214 valence electrons. The summed E-state index contributed by atoms with van der Waals surface area (Å²) in [6.07, 6.45) is 4.04. The quantitative estimate of drug-likeness (QED) is 0.384. The van der Waals surface area contributed by atoms with Gasteiger partial charge in [0.05, 0.1) is 22.9 Å². The van der Waals surface area contributed by atoms with Gasteiger partial charge in [0, 0.05) is 36.8 Å². The van der Waals surface area contributed by atoms with Crippen LogP contribution in [0.4, 0.5) is 20.2 Å². The number of aromatic nitrogens is 4. The van der Waals surface area contributed by atoms with Crippen molar-refractivity contribution in [1.82, 2.24) is 24.5 Å². The number of para-hydroxylation sites is 1. The van der Waals surface area contributed by atoms with E-state index in [0.717, 1.165) is 60.7 Å². The standard InChI is InChI=1S/C29H32F2N8O2/c1-17-14-37(16-22(17)32)27-19-15-38(18-10-12-36(2)13-11-18)34-23(19)6-7-24(27)33-29(41)25-8-9-26(40)39(35-25)28-20(30)4-3-5-21(28)31/h3-9,15,17-18,22H,10-14,16,32H2,1-2H3,(H,33,41)/t17-,22+/m1/s1. The van der Waals surface area contributed by atoms with Gasteiger partial charge in [-0.25, -0.2) is 8.78 Å². The molecule has 2 atom stereocenters. The fourth-order valence-electron chi connectivity index (χ4n) is 5.73. The molecule has 0 radical (unpaired) electrons. The van der Waals surface area contributed by atoms with Crippen molar-refractivity contribution in [2.75, 3.05) is 43.4 Å². The molecule has 12 heteroatoms. The Balaban J connectivity index is 1.38. The van der Waals surface area contributed by atoms with Crippen LogP contribution in [0.2, 0.25) is 0 Å². The van der Waals surface area contributed by atoms with Gasteiger partial charge in [0.25, 0.3) is 11.5 Å². The number of nitrogens with two attached hydrogens (primary N) is 1. The first-order valence-electron chi connectivity index (χ1n) is 13.8. The Bertz CT molecular complexity index is 1650. The molecule has 4 heterocycles. The van der Waals surface area contributed by atoms with Gasteiger partial charge in [-0.05, 0) is 69.2 Å². The Labute approximate surface area is 235 Å². The third-order valence-corrected chi connectivity index (χ3v) is 8.16. The highest BCUT2D eigenvalue weighted by Crippen LogP contribution is 2.38. The largest absolute Gasteiger partial charge is 0.367 e. The van der Waals surface area contributed by atoms with E-state index in [0.29, 0.717) is 23.5 Å². The van der Waals surface area contributed by atoms with Crippen molar-refractivity contribution in [1.29, 1.82) is 0 Å². The Morgan fingerprint density at radius 3 is 2.41 bits per heavy atom. The Morgan fingerprint density at radius 2 is 1.73 bits per heavy atom. The summed E-state index contributed by atoms with van der Waals surface area (Å²) in [5.41, 5.74) is 6.94. The van der Waals surface area contributed by atoms with Gasteiger partial charge in [-0.2, -0.15) is 14.9 Å². The third kappa shape index (κ3) is 5.08. The molecule has 0 unspecified atom stereocenters. The molecule has 1 amide bonds. The average molecular weight is 563 g/mol. The maximum atomic E-state index is 14.4. The van der Waals surface area contributed by atoms with Gasteiger partial charge in [0.15, 0.2) is 11.6 Å². The number of carbonyl (C=O) groups is 1. The topological polar surface area (TPSA) is 114 Å². The van der Waals surface area contributed by atoms with Crippen LogP contribution >= 0.6 is 0 Å². The van der Waals surface area contributed by atoms with Gasteiger partial charge in [0.1, 0.15) is 11.4 Å². The van der Waals surface area contributed by atoms with Crippen molar-refractivity contribution < 1.29 is 13.6 Å². The molecule has 0 bridgehead atoms. The Morgan fingerprint density at radius 1 is 1.00 bits per heavy atom. The predicted octanol–water partition coefficient (Wildman–Crippen LogP) is 3.16. The zero-order valence-electron chi connectivity index (χ0n) is 22.9. The van der Waals surface area contributed by atoms with Gasteiger partial charge >= 0.3 is 0 Å². The van der Waals surface area contributed by atoms with E-state index in [4.69, 9.17) is 10.8 Å². The first kappa shape index (κ1) is 27.0. The van der Waals surface area contributed by atoms with Gasteiger partial charge in [0.2, 0.25) is 0 Å². The van der Waals surface area contributed by atoms with Gasteiger partial charge in [-0.3, -0.25) is 14.3 Å². The average Bonchev–Trinajstić information content (AvgIpc) is 3.52. The van der Waals surface area contributed by atoms with Crippen LogP contribution in [0.1, 0.15) is 36.3 Å². The van der Waals surface area contributed by atoms with Crippen LogP contribution in [-0.2, 0) is 0 Å². The number of nitrogens with zero attached hydrogens (tertiary/aromatic N) is 6. The first-order valence-corrected chi connectivity index (χ1v) is 13.8. The summed E-state index contributed by atoms with van der Waals surface area (Å²) in [4.78, 5) is 30.4. The minimum atomic E-state index is -0.967. The zero-order chi connectivity index (χ0) is 28.8. The van der Waals surface area contributed by atoms with Crippen LogP contribution < -0.4 is 21.5 Å². The molecule has 2 aromatic carbocycles. The van der Waals surface area contributed by atoms with E-state index in [-0.39, 0.29) is 23.7 Å². The van der Waals surface area contributed by atoms with E-state index in [1.54, 1.807) is 6.07 Å². The number of benzene rings is 2. The second kappa shape index (κ2) is 10.7. The van der Waals surface area contributed by atoms with Gasteiger partial charge < -0.3 is 20.9 Å². The monoisotopic (exact) mass is 562 g/mol. The van der Waals surface area contributed by atoms with Crippen LogP contribution in [0.5, 0.6) is 0 Å². The number of piperidine rings is 1. The molecule has 2 aromatic heterocycles. The van der Waals surface area contributed by atoms with E-state index in [1.807, 2.05) is 16.9 Å². The summed E-state index contributed by atoms with van der Waals surface area (Å²) in [7, 11) is 2.12. The molecular formula is C29H32F2N8O2. The van der Waals surface area contributed by atoms with Crippen LogP contribution in [0.3, 0.4) is 0 Å². The van der Waals surface area contributed by atoms with Crippen molar-refractivity contribution >= 4 is 28.2 Å². The number of rotatable bonds is 5. The Hall–Kier alpha value is -4.16. The molecule has 2 aliphatic heterocycles. The first-order chi connectivity index (χ1) is 19.7. The minimum absolute atomic E-state index is 0.0291. The normalized spacial score (nSPS) is 20.2. The summed E-state index contributed by atoms with van der Waals surface area (Å²) in [6.45, 7) is 5.41. The number of fused-ring (bicyclic) bond motifs is 1. The summed E-state index contributed by atoms with van der Waals surface area (Å²) in [5.74, 6) is -2.31. The molecule has 2 saturated heterocycles. The van der Waals surface area contributed by atoms with Crippen LogP contribution in [-0.4, -0.2) is 69.6 Å². The highest BCUT2D eigenvalue weighted by atomic mass is 19.1. The highest BCUT2D eigenvalue weighted by molar-refractivity contribution is 6.08. The number of halogens is 2. The summed E-state index contributed by atoms with van der Waals surface area (Å²) < 4.78 is 31.4. The number of amides is 1. The van der Waals surface area contributed by atoms with E-state index < -0.39 is 28.8 Å². The maximum Gasteiger partial charge on any atom is 0.276 e. The SMILES string of the molecule is C[C@@H]1CN(c2c(NC(=O)c3ccc(=O)n(-c4c(F)cccc4F)n3)ccc3nn(C4CCN(C)CC4)cc23)C[C@@H]1N. The number of carbonyl (C=O) groups excluding carboxylic acids is 1. The van der Waals surface area contributed by atoms with E-state index >= 15 is 0 Å². The van der Waals surface area contributed by atoms with Gasteiger partial charge in [-0.1, -0.05) is 13.0 Å². The summed E-state index contributed by atoms with van der Waals surface area (Å²) in [6, 6.07) is 9.44. The smallest absolute Gasteiger partial charge is 0.276 e. The fourth-order valence-corrected chi connectivity index (χ4v) is 5.73. The van der Waals surface area contributed by atoms with E-state index in [9.17, 15) is 18.4 Å². The molecule has 3 N–H and O–H groups in total. The molecule has 0 aliphatic carbocycles. The summed E-state index contributed by atoms with van der Waals surface area (Å²) >= 11 is 0. The molecule has 41 heavy (non-hydrogen) atoms. The van der Waals surface area contributed by atoms with Crippen molar-refractivity contribution in [2.45, 2.75) is 31.8 Å². The maximum absolute atomic E-state index is 14.4. The lowest BCUT2D eigenvalue weighted by Crippen LogP contribution is -2.31. The molecule has 2 aliphatic rings. The van der Waals surface area contributed by atoms with Crippen molar-refractivity contribution in [2.24, 2.45) is 11.7 Å². The van der Waals surface area contributed by atoms with Crippen molar-refractivity contribution in [3.63, 3.8) is 0 Å². The second-order valence-corrected chi connectivity index (χ2v) is 11.1. The van der Waals surface area contributed by atoms with E-state index in [1.165, 1.54) is 12.1 Å². The lowest BCUT2D eigenvalue weighted by Gasteiger charge is -2.29. The zero-order valence-corrected chi connectivity index (χ0v) is 22.9. The van der Waals surface area contributed by atoms with Crippen LogP contribution in [0, 0.1) is 17.6 Å². The van der Waals surface area contributed by atoms with Crippen LogP contribution in [0.25, 0.3) is 16.6 Å². The fraction of sp³-hybridized carbons (Fsp3) is 0.379. The van der Waals surface area contributed by atoms with Gasteiger partial charge in [-0.15, -0.1) is 0 Å². The van der Waals surface area contributed by atoms with Crippen molar-refractivity contribution in [3.05, 3.63) is 76.3 Å². The number of anilines is 2. The number of hydrogen-bond acceptors (Lipinski definition) is 7. The molecule has 10 nitrogen and oxygen atoms in total. The molecule has 4 aromatic rings.